The molecule has 0 aromatic heterocycles. The Morgan fingerprint density at radius 2 is 1.96 bits per heavy atom. The molecule has 2 aromatic rings. The number of halogens is 2. The summed E-state index contributed by atoms with van der Waals surface area (Å²) < 4.78 is 18.0. The van der Waals surface area contributed by atoms with E-state index in [-0.39, 0.29) is 0 Å². The van der Waals surface area contributed by atoms with Gasteiger partial charge in [-0.15, -0.1) is 11.8 Å². The molecule has 24 heavy (non-hydrogen) atoms. The summed E-state index contributed by atoms with van der Waals surface area (Å²) >= 11 is 7.11. The molecule has 0 radical (unpaired) electrons. The molecule has 1 N–H and O–H groups in total. The van der Waals surface area contributed by atoms with Crippen molar-refractivity contribution in [2.75, 3.05) is 11.9 Å². The van der Waals surface area contributed by atoms with Gasteiger partial charge in [-0.3, -0.25) is 9.59 Å². The molecule has 1 amide bonds. The zero-order valence-corrected chi connectivity index (χ0v) is 14.4. The third-order valence-electron chi connectivity index (χ3n) is 2.91. The highest BCUT2D eigenvalue weighted by atomic mass is 35.5. The predicted molar refractivity (Wildman–Crippen MR) is 92.8 cm³/mol. The Labute approximate surface area is 148 Å². The van der Waals surface area contributed by atoms with Crippen molar-refractivity contribution in [2.24, 2.45) is 0 Å². The maximum atomic E-state index is 13.0. The van der Waals surface area contributed by atoms with Crippen LogP contribution < -0.4 is 5.32 Å². The van der Waals surface area contributed by atoms with Crippen molar-refractivity contribution in [2.45, 2.75) is 17.1 Å². The summed E-state index contributed by atoms with van der Waals surface area (Å²) in [6, 6.07) is 12.5. The molecule has 0 aliphatic carbocycles. The van der Waals surface area contributed by atoms with E-state index < -0.39 is 29.6 Å². The van der Waals surface area contributed by atoms with Gasteiger partial charge in [0, 0.05) is 15.6 Å². The van der Waals surface area contributed by atoms with E-state index in [1.54, 1.807) is 37.3 Å². The Morgan fingerprint density at radius 3 is 2.62 bits per heavy atom. The molecule has 2 aromatic carbocycles. The average molecular weight is 368 g/mol. The molecule has 2 rings (SSSR count). The first-order chi connectivity index (χ1) is 11.4. The highest BCUT2D eigenvalue weighted by molar-refractivity contribution is 8.00. The van der Waals surface area contributed by atoms with Gasteiger partial charge in [-0.2, -0.15) is 0 Å². The molecular weight excluding hydrogens is 353 g/mol. The molecule has 0 saturated carbocycles. The summed E-state index contributed by atoms with van der Waals surface area (Å²) in [7, 11) is 0. The van der Waals surface area contributed by atoms with Crippen LogP contribution in [0.15, 0.2) is 53.4 Å². The van der Waals surface area contributed by atoms with Gasteiger partial charge < -0.3 is 10.1 Å². The first-order valence-corrected chi connectivity index (χ1v) is 8.34. The molecule has 0 fully saturated rings. The lowest BCUT2D eigenvalue weighted by atomic mass is 10.3. The number of thioether (sulfide) groups is 1. The first-order valence-electron chi connectivity index (χ1n) is 7.08. The third kappa shape index (κ3) is 5.86. The van der Waals surface area contributed by atoms with Crippen LogP contribution in [0.3, 0.4) is 0 Å². The average Bonchev–Trinajstić information content (AvgIpc) is 2.54. The van der Waals surface area contributed by atoms with Gasteiger partial charge in [-0.1, -0.05) is 17.7 Å². The van der Waals surface area contributed by atoms with Crippen molar-refractivity contribution >= 4 is 40.9 Å². The number of esters is 1. The van der Waals surface area contributed by atoms with Crippen molar-refractivity contribution in [3.63, 3.8) is 0 Å². The molecule has 126 valence electrons. The molecule has 0 aliphatic heterocycles. The number of rotatable bonds is 6. The second-order valence-corrected chi connectivity index (χ2v) is 6.73. The summed E-state index contributed by atoms with van der Waals surface area (Å²) in [5.74, 6) is -1.50. The van der Waals surface area contributed by atoms with E-state index in [1.807, 2.05) is 0 Å². The summed E-state index contributed by atoms with van der Waals surface area (Å²) in [5, 5.41) is 2.59. The maximum absolute atomic E-state index is 13.0. The lowest BCUT2D eigenvalue weighted by Crippen LogP contribution is -2.24. The molecule has 4 nitrogen and oxygen atoms in total. The minimum Gasteiger partial charge on any atom is -0.455 e. The summed E-state index contributed by atoms with van der Waals surface area (Å²) in [4.78, 5) is 24.5. The van der Waals surface area contributed by atoms with Crippen LogP contribution in [0.2, 0.25) is 5.02 Å². The number of hydrogen-bond donors (Lipinski definition) is 1. The second-order valence-electron chi connectivity index (χ2n) is 4.88. The monoisotopic (exact) mass is 367 g/mol. The Balaban J connectivity index is 1.79. The van der Waals surface area contributed by atoms with Gasteiger partial charge >= 0.3 is 5.97 Å². The standard InChI is InChI=1S/C17H15ClFNO3S/c1-11(24-15-7-5-12(18)6-8-15)17(22)23-10-16(21)20-14-4-2-3-13(19)9-14/h2-9,11H,10H2,1H3,(H,20,21)/t11-/m0/s1. The van der Waals surface area contributed by atoms with Gasteiger partial charge in [-0.25, -0.2) is 4.39 Å². The van der Waals surface area contributed by atoms with Crippen molar-refractivity contribution in [1.82, 2.24) is 0 Å². The fraction of sp³-hybridized carbons (Fsp3) is 0.176. The van der Waals surface area contributed by atoms with Crippen LogP contribution in [-0.4, -0.2) is 23.7 Å². The molecular formula is C17H15ClFNO3S. The zero-order valence-electron chi connectivity index (χ0n) is 12.8. The SMILES string of the molecule is C[C@H](Sc1ccc(Cl)cc1)C(=O)OCC(=O)Nc1cccc(F)c1. The minimum absolute atomic E-state index is 0.305. The lowest BCUT2D eigenvalue weighted by molar-refractivity contribution is -0.146. The van der Waals surface area contributed by atoms with Gasteiger partial charge in [0.2, 0.25) is 0 Å². The summed E-state index contributed by atoms with van der Waals surface area (Å²) in [6.07, 6.45) is 0. The number of benzene rings is 2. The van der Waals surface area contributed by atoms with Crippen LogP contribution in [0.1, 0.15) is 6.92 Å². The van der Waals surface area contributed by atoms with Crippen LogP contribution >= 0.6 is 23.4 Å². The van der Waals surface area contributed by atoms with Gasteiger partial charge in [-0.05, 0) is 49.4 Å². The van der Waals surface area contributed by atoms with Crippen molar-refractivity contribution in [3.05, 3.63) is 59.4 Å². The second kappa shape index (κ2) is 8.70. The van der Waals surface area contributed by atoms with Crippen molar-refractivity contribution in [1.29, 1.82) is 0 Å². The molecule has 0 saturated heterocycles. The van der Waals surface area contributed by atoms with Crippen LogP contribution in [0, 0.1) is 5.82 Å². The number of ether oxygens (including phenoxy) is 1. The van der Waals surface area contributed by atoms with E-state index in [0.717, 1.165) is 4.90 Å². The normalized spacial score (nSPS) is 11.6. The first kappa shape index (κ1) is 18.3. The van der Waals surface area contributed by atoms with Crippen LogP contribution in [0.25, 0.3) is 0 Å². The van der Waals surface area contributed by atoms with Crippen LogP contribution in [-0.2, 0) is 14.3 Å². The van der Waals surface area contributed by atoms with E-state index in [1.165, 1.54) is 30.0 Å². The van der Waals surface area contributed by atoms with E-state index in [4.69, 9.17) is 16.3 Å². The fourth-order valence-corrected chi connectivity index (χ4v) is 2.77. The quantitative estimate of drug-likeness (QED) is 0.615. The van der Waals surface area contributed by atoms with E-state index in [0.29, 0.717) is 10.7 Å². The minimum atomic E-state index is -0.530. The smallest absolute Gasteiger partial charge is 0.319 e. The van der Waals surface area contributed by atoms with Gasteiger partial charge in [0.1, 0.15) is 11.1 Å². The summed E-state index contributed by atoms with van der Waals surface area (Å²) in [6.45, 7) is 1.26. The van der Waals surface area contributed by atoms with E-state index in [9.17, 15) is 14.0 Å². The Bertz CT molecular complexity index is 724. The highest BCUT2D eigenvalue weighted by Gasteiger charge is 2.17. The molecule has 0 bridgehead atoms. The summed E-state index contributed by atoms with van der Waals surface area (Å²) in [5.41, 5.74) is 0.305. The van der Waals surface area contributed by atoms with Crippen LogP contribution in [0.4, 0.5) is 10.1 Å². The number of carbonyl (C=O) groups is 2. The van der Waals surface area contributed by atoms with Crippen molar-refractivity contribution < 1.29 is 18.7 Å². The topological polar surface area (TPSA) is 55.4 Å². The molecule has 1 atom stereocenters. The fourth-order valence-electron chi connectivity index (χ4n) is 1.78. The number of carbonyl (C=O) groups excluding carboxylic acids is 2. The van der Waals surface area contributed by atoms with Crippen LogP contribution in [0.5, 0.6) is 0 Å². The molecule has 7 heteroatoms. The number of amides is 1. The lowest BCUT2D eigenvalue weighted by Gasteiger charge is -2.11. The Morgan fingerprint density at radius 1 is 1.25 bits per heavy atom. The third-order valence-corrected chi connectivity index (χ3v) is 4.25. The van der Waals surface area contributed by atoms with Gasteiger partial charge in [0.25, 0.3) is 5.91 Å². The predicted octanol–water partition coefficient (Wildman–Crippen LogP) is 4.14. The number of nitrogens with one attached hydrogen (secondary N) is 1. The van der Waals surface area contributed by atoms with Gasteiger partial charge in [0.05, 0.1) is 0 Å². The van der Waals surface area contributed by atoms with E-state index in [2.05, 4.69) is 5.32 Å². The van der Waals surface area contributed by atoms with E-state index >= 15 is 0 Å². The Hall–Kier alpha value is -2.05. The zero-order chi connectivity index (χ0) is 17.5. The van der Waals surface area contributed by atoms with Gasteiger partial charge in [0.15, 0.2) is 6.61 Å². The van der Waals surface area contributed by atoms with Crippen molar-refractivity contribution in [3.8, 4) is 0 Å². The largest absolute Gasteiger partial charge is 0.455 e. The maximum Gasteiger partial charge on any atom is 0.319 e. The molecule has 0 spiro atoms. The number of hydrogen-bond acceptors (Lipinski definition) is 4. The molecule has 0 aliphatic rings. The molecule has 0 heterocycles. The Kier molecular flexibility index (Phi) is 6.63. The highest BCUT2D eigenvalue weighted by Crippen LogP contribution is 2.25. The number of anilines is 1. The molecule has 0 unspecified atom stereocenters.